The quantitative estimate of drug-likeness (QED) is 0.583. The number of aliphatic hydroxyl groups is 1. The van der Waals surface area contributed by atoms with Gasteiger partial charge in [0.05, 0.1) is 10.6 Å². The molecule has 2 aromatic rings. The van der Waals surface area contributed by atoms with Crippen LogP contribution in [0.25, 0.3) is 0 Å². The molecular weight excluding hydrogens is 455 g/mol. The molecule has 1 aliphatic heterocycles. The zero-order valence-corrected chi connectivity index (χ0v) is 18.8. The lowest BCUT2D eigenvalue weighted by Crippen LogP contribution is -2.43. The number of nitrogens with one attached hydrogen (secondary N) is 1. The molecule has 2 N–H and O–H groups in total. The second-order valence-electron chi connectivity index (χ2n) is 7.21. The van der Waals surface area contributed by atoms with Crippen LogP contribution in [0, 0.1) is 0 Å². The third kappa shape index (κ3) is 5.85. The number of nitrogens with zero attached hydrogens (tertiary/aromatic N) is 1. The highest BCUT2D eigenvalue weighted by Crippen LogP contribution is 2.33. The molecule has 9 heteroatoms. The SMILES string of the molecule is O=S(=O)(NCCCN1CCC(O)(c2ccc(Cl)cc2)CC1)c1ccc(Cl)cc1Cl. The molecule has 1 saturated heterocycles. The monoisotopic (exact) mass is 476 g/mol. The van der Waals surface area contributed by atoms with Gasteiger partial charge in [0.1, 0.15) is 4.90 Å². The predicted octanol–water partition coefficient (Wildman–Crippen LogP) is 4.30. The summed E-state index contributed by atoms with van der Waals surface area (Å²) in [6, 6.07) is 11.6. The van der Waals surface area contributed by atoms with Gasteiger partial charge in [0, 0.05) is 29.7 Å². The molecule has 0 bridgehead atoms. The molecule has 1 aliphatic rings. The Bertz CT molecular complexity index is 944. The summed E-state index contributed by atoms with van der Waals surface area (Å²) < 4.78 is 27.4. The Balaban J connectivity index is 1.45. The van der Waals surface area contributed by atoms with Crippen LogP contribution in [0.2, 0.25) is 15.1 Å². The molecule has 0 aromatic heterocycles. The molecule has 2 aromatic carbocycles. The van der Waals surface area contributed by atoms with Gasteiger partial charge in [-0.15, -0.1) is 0 Å². The average molecular weight is 478 g/mol. The first-order chi connectivity index (χ1) is 13.7. The van der Waals surface area contributed by atoms with Crippen LogP contribution in [-0.2, 0) is 15.6 Å². The highest BCUT2D eigenvalue weighted by Gasteiger charge is 2.33. The molecule has 0 saturated carbocycles. The maximum Gasteiger partial charge on any atom is 0.242 e. The Morgan fingerprint density at radius 3 is 2.24 bits per heavy atom. The van der Waals surface area contributed by atoms with Crippen molar-refractivity contribution in [3.05, 3.63) is 63.1 Å². The predicted molar refractivity (Wildman–Crippen MR) is 117 cm³/mol. The highest BCUT2D eigenvalue weighted by molar-refractivity contribution is 7.89. The van der Waals surface area contributed by atoms with Crippen LogP contribution < -0.4 is 4.72 Å². The van der Waals surface area contributed by atoms with Crippen LogP contribution in [0.15, 0.2) is 47.4 Å². The molecule has 29 heavy (non-hydrogen) atoms. The van der Waals surface area contributed by atoms with Crippen molar-refractivity contribution in [1.82, 2.24) is 9.62 Å². The zero-order valence-electron chi connectivity index (χ0n) is 15.7. The molecule has 0 atom stereocenters. The van der Waals surface area contributed by atoms with Crippen molar-refractivity contribution in [2.45, 2.75) is 29.8 Å². The Morgan fingerprint density at radius 1 is 1.00 bits per heavy atom. The second kappa shape index (κ2) is 9.52. The lowest BCUT2D eigenvalue weighted by Gasteiger charge is -2.38. The van der Waals surface area contributed by atoms with Crippen LogP contribution >= 0.6 is 34.8 Å². The Morgan fingerprint density at radius 2 is 1.62 bits per heavy atom. The average Bonchev–Trinajstić information content (AvgIpc) is 2.67. The van der Waals surface area contributed by atoms with Gasteiger partial charge in [-0.3, -0.25) is 0 Å². The largest absolute Gasteiger partial charge is 0.385 e. The van der Waals surface area contributed by atoms with E-state index in [9.17, 15) is 13.5 Å². The van der Waals surface area contributed by atoms with Gasteiger partial charge in [0.25, 0.3) is 0 Å². The number of likely N-dealkylation sites (tertiary alicyclic amines) is 1. The van der Waals surface area contributed by atoms with Crippen molar-refractivity contribution in [2.75, 3.05) is 26.2 Å². The van der Waals surface area contributed by atoms with Gasteiger partial charge in [-0.25, -0.2) is 13.1 Å². The number of benzene rings is 2. The highest BCUT2D eigenvalue weighted by atomic mass is 35.5. The summed E-state index contributed by atoms with van der Waals surface area (Å²) in [5.41, 5.74) is 0.0442. The summed E-state index contributed by atoms with van der Waals surface area (Å²) in [7, 11) is -3.68. The van der Waals surface area contributed by atoms with Crippen LogP contribution in [0.5, 0.6) is 0 Å². The van der Waals surface area contributed by atoms with Gasteiger partial charge >= 0.3 is 0 Å². The standard InChI is InChI=1S/C20H23Cl3N2O3S/c21-16-4-2-15(3-5-16)20(26)8-12-25(13-9-20)11-1-10-24-29(27,28)19-7-6-17(22)14-18(19)23/h2-7,14,24,26H,1,8-13H2. The van der Waals surface area contributed by atoms with Gasteiger partial charge < -0.3 is 10.0 Å². The summed E-state index contributed by atoms with van der Waals surface area (Å²) in [4.78, 5) is 2.25. The van der Waals surface area contributed by atoms with Crippen LogP contribution in [0.4, 0.5) is 0 Å². The summed E-state index contributed by atoms with van der Waals surface area (Å²) in [6.07, 6.45) is 1.91. The molecule has 5 nitrogen and oxygen atoms in total. The van der Waals surface area contributed by atoms with E-state index in [1.165, 1.54) is 18.2 Å². The fraction of sp³-hybridized carbons (Fsp3) is 0.400. The molecular formula is C20H23Cl3N2O3S. The van der Waals surface area contributed by atoms with E-state index in [4.69, 9.17) is 34.8 Å². The molecule has 3 rings (SSSR count). The van der Waals surface area contributed by atoms with Gasteiger partial charge in [-0.2, -0.15) is 0 Å². The molecule has 1 heterocycles. The van der Waals surface area contributed by atoms with E-state index >= 15 is 0 Å². The summed E-state index contributed by atoms with van der Waals surface area (Å²) in [6.45, 7) is 2.54. The number of piperidine rings is 1. The maximum absolute atomic E-state index is 12.4. The number of hydrogen-bond donors (Lipinski definition) is 2. The van der Waals surface area contributed by atoms with Crippen LogP contribution in [0.1, 0.15) is 24.8 Å². The van der Waals surface area contributed by atoms with Crippen molar-refractivity contribution in [3.8, 4) is 0 Å². The van der Waals surface area contributed by atoms with E-state index in [2.05, 4.69) is 9.62 Å². The third-order valence-corrected chi connectivity index (χ3v) is 7.62. The zero-order chi connectivity index (χ0) is 21.1. The van der Waals surface area contributed by atoms with E-state index in [-0.39, 0.29) is 9.92 Å². The Hall–Kier alpha value is -0.860. The minimum atomic E-state index is -3.68. The molecule has 0 aliphatic carbocycles. The van der Waals surface area contributed by atoms with Crippen LogP contribution in [-0.4, -0.2) is 44.6 Å². The van der Waals surface area contributed by atoms with Gasteiger partial charge in [-0.1, -0.05) is 46.9 Å². The minimum absolute atomic E-state index is 0.0227. The first-order valence-corrected chi connectivity index (χ1v) is 12.0. The minimum Gasteiger partial charge on any atom is -0.385 e. The molecule has 158 valence electrons. The van der Waals surface area contributed by atoms with Crippen molar-refractivity contribution in [2.24, 2.45) is 0 Å². The van der Waals surface area contributed by atoms with E-state index in [0.29, 0.717) is 35.9 Å². The molecule has 0 spiro atoms. The normalized spacial score (nSPS) is 17.4. The first kappa shape index (κ1) is 22.8. The lowest BCUT2D eigenvalue weighted by molar-refractivity contribution is -0.0259. The third-order valence-electron chi connectivity index (χ3n) is 5.19. The van der Waals surface area contributed by atoms with E-state index in [1.807, 2.05) is 12.1 Å². The van der Waals surface area contributed by atoms with Crippen molar-refractivity contribution in [1.29, 1.82) is 0 Å². The maximum atomic E-state index is 12.4. The van der Waals surface area contributed by atoms with Crippen LogP contribution in [0.3, 0.4) is 0 Å². The second-order valence-corrected chi connectivity index (χ2v) is 10.2. The summed E-state index contributed by atoms with van der Waals surface area (Å²) in [5, 5.41) is 12.1. The van der Waals surface area contributed by atoms with Gasteiger partial charge in [0.15, 0.2) is 0 Å². The molecule has 1 fully saturated rings. The van der Waals surface area contributed by atoms with E-state index in [1.54, 1.807) is 12.1 Å². The first-order valence-electron chi connectivity index (χ1n) is 9.35. The van der Waals surface area contributed by atoms with Crippen molar-refractivity contribution < 1.29 is 13.5 Å². The summed E-state index contributed by atoms with van der Waals surface area (Å²) in [5.74, 6) is 0. The van der Waals surface area contributed by atoms with Gasteiger partial charge in [-0.05, 0) is 61.7 Å². The van der Waals surface area contributed by atoms with E-state index < -0.39 is 15.6 Å². The topological polar surface area (TPSA) is 69.6 Å². The van der Waals surface area contributed by atoms with E-state index in [0.717, 1.165) is 25.2 Å². The molecule has 0 amide bonds. The lowest BCUT2D eigenvalue weighted by atomic mass is 9.84. The van der Waals surface area contributed by atoms with Gasteiger partial charge in [0.2, 0.25) is 10.0 Å². The smallest absolute Gasteiger partial charge is 0.242 e. The Kier molecular flexibility index (Phi) is 7.49. The fourth-order valence-electron chi connectivity index (χ4n) is 3.48. The molecule has 0 radical (unpaired) electrons. The fourth-order valence-corrected chi connectivity index (χ4v) is 5.45. The number of sulfonamides is 1. The Labute approximate surface area is 186 Å². The molecule has 0 unspecified atom stereocenters. The number of rotatable bonds is 7. The van der Waals surface area contributed by atoms with Crippen molar-refractivity contribution >= 4 is 44.8 Å². The van der Waals surface area contributed by atoms with Crippen molar-refractivity contribution in [3.63, 3.8) is 0 Å². The number of halogens is 3. The number of hydrogen-bond acceptors (Lipinski definition) is 4. The summed E-state index contributed by atoms with van der Waals surface area (Å²) >= 11 is 17.7.